The predicted molar refractivity (Wildman–Crippen MR) is 183 cm³/mol. The number of rotatable bonds is 13. The van der Waals surface area contributed by atoms with Crippen molar-refractivity contribution < 1.29 is 48.4 Å². The van der Waals surface area contributed by atoms with Crippen molar-refractivity contribution in [1.29, 1.82) is 0 Å². The highest BCUT2D eigenvalue weighted by Gasteiger charge is 2.48. The molecule has 50 heavy (non-hydrogen) atoms. The Balaban J connectivity index is 1.25. The number of halogens is 1. The Bertz CT molecular complexity index is 1390. The van der Waals surface area contributed by atoms with Gasteiger partial charge in [0.25, 0.3) is 11.8 Å². The van der Waals surface area contributed by atoms with Gasteiger partial charge in [0.1, 0.15) is 23.9 Å². The van der Waals surface area contributed by atoms with Gasteiger partial charge >= 0.3 is 5.97 Å². The standard InChI is InChI=1S/C36H50ClN3O10/c1-20(6-9-29-21(2)14-28(23(4)49-29)39-31(42)11-8-22(3)48-24(5)41)7-10-30-35(46)36(47,19-37)18-27(50-30)17-32(43)38-25-15-26(16-25)40-33(44)12-13-34(40)45/h6-8,10-13,21-23,25-30,35,46-47H,9,14-19H2,1-5H3,(H,38,43)(H,39,42)/b10-7+,11-8-,20-6+/t21-,22-,23+,25?,26?,27+,28+,29-,30+,35+,36+/m0/s1. The summed E-state index contributed by atoms with van der Waals surface area (Å²) in [5, 5.41) is 27.9. The molecule has 3 aliphatic heterocycles. The molecular formula is C36H50ClN3O10. The van der Waals surface area contributed by atoms with Crippen LogP contribution in [0.25, 0.3) is 0 Å². The zero-order valence-electron chi connectivity index (χ0n) is 29.3. The van der Waals surface area contributed by atoms with Crippen molar-refractivity contribution in [1.82, 2.24) is 15.5 Å². The van der Waals surface area contributed by atoms with Crippen LogP contribution in [0.2, 0.25) is 0 Å². The summed E-state index contributed by atoms with van der Waals surface area (Å²) >= 11 is 6.08. The van der Waals surface area contributed by atoms with Gasteiger partial charge in [0.15, 0.2) is 0 Å². The molecule has 4 aliphatic rings. The zero-order chi connectivity index (χ0) is 36.7. The number of nitrogens with one attached hydrogen (secondary N) is 2. The van der Waals surface area contributed by atoms with Gasteiger partial charge in [-0.15, -0.1) is 11.6 Å². The van der Waals surface area contributed by atoms with E-state index < -0.39 is 36.0 Å². The Morgan fingerprint density at radius 1 is 1.10 bits per heavy atom. The first kappa shape index (κ1) is 39.4. The number of hydrogen-bond donors (Lipinski definition) is 4. The molecule has 0 aromatic heterocycles. The van der Waals surface area contributed by atoms with Crippen molar-refractivity contribution in [2.24, 2.45) is 5.92 Å². The molecule has 3 heterocycles. The van der Waals surface area contributed by atoms with Crippen molar-refractivity contribution >= 4 is 41.2 Å². The first-order valence-electron chi connectivity index (χ1n) is 17.2. The number of aliphatic hydroxyl groups is 2. The maximum absolute atomic E-state index is 12.9. The number of hydrogen-bond acceptors (Lipinski definition) is 10. The lowest BCUT2D eigenvalue weighted by Crippen LogP contribution is -2.59. The number of esters is 1. The Morgan fingerprint density at radius 2 is 1.78 bits per heavy atom. The van der Waals surface area contributed by atoms with Gasteiger partial charge in [-0.1, -0.05) is 30.7 Å². The SMILES string of the molecule is CC(=O)O[C@@H](C)/C=C\C(=O)N[C@@H]1C[C@H](C)[C@H](C/C=C(C)/C=C/[C@H]2O[C@H](CC(=O)NC3CC(N4C(=O)C=CC4=O)C3)C[C@@](O)(CCl)[C@@H]2O)O[C@@H]1C. The number of carbonyl (C=O) groups is 5. The molecule has 0 unspecified atom stereocenters. The van der Waals surface area contributed by atoms with Crippen LogP contribution < -0.4 is 10.6 Å². The summed E-state index contributed by atoms with van der Waals surface area (Å²) in [5.74, 6) is -1.78. The van der Waals surface area contributed by atoms with E-state index in [1.807, 2.05) is 19.9 Å². The van der Waals surface area contributed by atoms with Gasteiger partial charge in [0.05, 0.1) is 36.7 Å². The summed E-state index contributed by atoms with van der Waals surface area (Å²) in [4.78, 5) is 61.4. The monoisotopic (exact) mass is 719 g/mol. The summed E-state index contributed by atoms with van der Waals surface area (Å²) in [6.07, 6.45) is 9.27. The van der Waals surface area contributed by atoms with Gasteiger partial charge in [-0.05, 0) is 58.4 Å². The summed E-state index contributed by atoms with van der Waals surface area (Å²) in [6.45, 7) is 8.88. The van der Waals surface area contributed by atoms with Crippen molar-refractivity contribution in [3.63, 3.8) is 0 Å². The Hall–Kier alpha value is -3.36. The largest absolute Gasteiger partial charge is 0.459 e. The minimum absolute atomic E-state index is 0.0276. The number of ether oxygens (including phenoxy) is 3. The van der Waals surface area contributed by atoms with Gasteiger partial charge in [0.2, 0.25) is 11.8 Å². The van der Waals surface area contributed by atoms with E-state index in [2.05, 4.69) is 17.6 Å². The van der Waals surface area contributed by atoms with Crippen LogP contribution in [0.5, 0.6) is 0 Å². The van der Waals surface area contributed by atoms with Crippen LogP contribution in [0.15, 0.2) is 48.1 Å². The van der Waals surface area contributed by atoms with Gasteiger partial charge < -0.3 is 35.1 Å². The summed E-state index contributed by atoms with van der Waals surface area (Å²) < 4.78 is 17.3. The second-order valence-electron chi connectivity index (χ2n) is 14.0. The molecule has 276 valence electrons. The minimum atomic E-state index is -1.66. The Morgan fingerprint density at radius 3 is 2.42 bits per heavy atom. The van der Waals surface area contributed by atoms with Gasteiger partial charge in [-0.2, -0.15) is 0 Å². The molecule has 0 aromatic rings. The van der Waals surface area contributed by atoms with E-state index in [1.54, 1.807) is 19.1 Å². The fourth-order valence-electron chi connectivity index (χ4n) is 6.84. The predicted octanol–water partition coefficient (Wildman–Crippen LogP) is 2.14. The number of amides is 4. The Labute approximate surface area is 298 Å². The summed E-state index contributed by atoms with van der Waals surface area (Å²) in [6, 6.07) is -0.613. The van der Waals surface area contributed by atoms with E-state index in [0.29, 0.717) is 19.3 Å². The van der Waals surface area contributed by atoms with Crippen LogP contribution in [0, 0.1) is 5.92 Å². The molecule has 1 aliphatic carbocycles. The van der Waals surface area contributed by atoms with Gasteiger partial charge in [0, 0.05) is 43.7 Å². The lowest BCUT2D eigenvalue weighted by atomic mass is 9.83. The quantitative estimate of drug-likeness (QED) is 0.0724. The van der Waals surface area contributed by atoms with Crippen LogP contribution in [0.3, 0.4) is 0 Å². The summed E-state index contributed by atoms with van der Waals surface area (Å²) in [7, 11) is 0. The molecule has 13 nitrogen and oxygen atoms in total. The third-order valence-corrected chi connectivity index (χ3v) is 10.2. The average Bonchev–Trinajstić information content (AvgIpc) is 3.36. The van der Waals surface area contributed by atoms with Gasteiger partial charge in [-0.3, -0.25) is 28.9 Å². The lowest BCUT2D eigenvalue weighted by molar-refractivity contribution is -0.195. The molecule has 0 bridgehead atoms. The molecular weight excluding hydrogens is 670 g/mol. The number of nitrogens with zero attached hydrogens (tertiary/aromatic N) is 1. The van der Waals surface area contributed by atoms with Crippen molar-refractivity contribution in [3.05, 3.63) is 48.1 Å². The fraction of sp³-hybridized carbons (Fsp3) is 0.639. The van der Waals surface area contributed by atoms with Crippen LogP contribution in [-0.4, -0.2) is 111 Å². The average molecular weight is 720 g/mol. The molecule has 0 aromatic carbocycles. The third-order valence-electron chi connectivity index (χ3n) is 9.76. The molecule has 4 rings (SSSR count). The van der Waals surface area contributed by atoms with Crippen LogP contribution in [-0.2, 0) is 38.2 Å². The highest BCUT2D eigenvalue weighted by Crippen LogP contribution is 2.34. The second-order valence-corrected chi connectivity index (χ2v) is 14.3. The normalized spacial score (nSPS) is 35.3. The van der Waals surface area contributed by atoms with Crippen molar-refractivity contribution in [3.8, 4) is 0 Å². The zero-order valence-corrected chi connectivity index (χ0v) is 30.0. The molecule has 0 radical (unpaired) electrons. The number of allylic oxidation sites excluding steroid dienone is 2. The second kappa shape index (κ2) is 17.2. The van der Waals surface area contributed by atoms with E-state index in [9.17, 15) is 34.2 Å². The third kappa shape index (κ3) is 10.3. The van der Waals surface area contributed by atoms with Crippen LogP contribution in [0.4, 0.5) is 0 Å². The van der Waals surface area contributed by atoms with Crippen molar-refractivity contribution in [2.45, 2.75) is 133 Å². The molecule has 1 saturated carbocycles. The van der Waals surface area contributed by atoms with Crippen LogP contribution >= 0.6 is 11.6 Å². The van der Waals surface area contributed by atoms with E-state index in [-0.39, 0.29) is 78.6 Å². The van der Waals surface area contributed by atoms with E-state index in [0.717, 1.165) is 12.0 Å². The van der Waals surface area contributed by atoms with Gasteiger partial charge in [-0.25, -0.2) is 0 Å². The van der Waals surface area contributed by atoms with E-state index in [4.69, 9.17) is 25.8 Å². The maximum atomic E-state index is 12.9. The molecule has 4 N–H and O–H groups in total. The highest BCUT2D eigenvalue weighted by molar-refractivity contribution is 6.18. The summed E-state index contributed by atoms with van der Waals surface area (Å²) in [5.41, 5.74) is -0.780. The van der Waals surface area contributed by atoms with Crippen molar-refractivity contribution in [2.75, 3.05) is 5.88 Å². The fourth-order valence-corrected chi connectivity index (χ4v) is 7.10. The van der Waals surface area contributed by atoms with Crippen LogP contribution in [0.1, 0.15) is 73.1 Å². The number of aliphatic hydroxyl groups excluding tert-OH is 1. The lowest BCUT2D eigenvalue weighted by Gasteiger charge is -2.44. The number of alkyl halides is 1. The van der Waals surface area contributed by atoms with E-state index >= 15 is 0 Å². The first-order valence-corrected chi connectivity index (χ1v) is 17.7. The molecule has 3 fully saturated rings. The molecule has 4 amide bonds. The highest BCUT2D eigenvalue weighted by atomic mass is 35.5. The minimum Gasteiger partial charge on any atom is -0.459 e. The topological polar surface area (TPSA) is 181 Å². The molecule has 0 spiro atoms. The number of imide groups is 1. The molecule has 2 saturated heterocycles. The Kier molecular flexibility index (Phi) is 13.6. The number of carbonyl (C=O) groups excluding carboxylic acids is 5. The van der Waals surface area contributed by atoms with E-state index in [1.165, 1.54) is 36.1 Å². The molecule has 14 heteroatoms. The maximum Gasteiger partial charge on any atom is 0.303 e. The molecule has 9 atom stereocenters. The first-order chi connectivity index (χ1) is 23.6. The smallest absolute Gasteiger partial charge is 0.303 e.